The van der Waals surface area contributed by atoms with Gasteiger partial charge in [-0.05, 0) is 45.4 Å². The van der Waals surface area contributed by atoms with Crippen molar-refractivity contribution in [2.45, 2.75) is 57.8 Å². The fourth-order valence-electron chi connectivity index (χ4n) is 2.57. The van der Waals surface area contributed by atoms with Gasteiger partial charge in [-0.1, -0.05) is 6.42 Å². The predicted molar refractivity (Wildman–Crippen MR) is 57.9 cm³/mol. The minimum atomic E-state index is -4.86. The van der Waals surface area contributed by atoms with Gasteiger partial charge in [0, 0.05) is 0 Å². The Morgan fingerprint density at radius 1 is 1.39 bits per heavy atom. The van der Waals surface area contributed by atoms with Gasteiger partial charge in [-0.3, -0.25) is 4.79 Å². The Hall–Kier alpha value is -0.810. The van der Waals surface area contributed by atoms with Crippen molar-refractivity contribution in [3.05, 3.63) is 0 Å². The van der Waals surface area contributed by atoms with Gasteiger partial charge in [0.2, 0.25) is 5.67 Å². The molecule has 0 saturated heterocycles. The van der Waals surface area contributed by atoms with E-state index >= 15 is 0 Å². The summed E-state index contributed by atoms with van der Waals surface area (Å²) in [5.41, 5.74) is -4.26. The standard InChI is InChI=1S/C12H18F4O2/c1-10(2,9(17)18)6-8-4-3-5-11(13,7-8)12(14,15)16/h8H,3-7H2,1-2H3,(H,17,18). The number of hydrogen-bond acceptors (Lipinski definition) is 1. The van der Waals surface area contributed by atoms with Crippen LogP contribution in [0.15, 0.2) is 0 Å². The zero-order valence-corrected chi connectivity index (χ0v) is 10.5. The Bertz CT molecular complexity index is 325. The number of carboxylic acids is 1. The first kappa shape index (κ1) is 15.2. The second-order valence-corrected chi connectivity index (χ2v) is 5.82. The molecule has 0 heterocycles. The van der Waals surface area contributed by atoms with E-state index in [1.54, 1.807) is 0 Å². The Kier molecular flexibility index (Phi) is 3.98. The third kappa shape index (κ3) is 3.14. The molecule has 1 fully saturated rings. The average Bonchev–Trinajstić information content (AvgIpc) is 2.14. The molecule has 0 aliphatic heterocycles. The Labute approximate surface area is 103 Å². The van der Waals surface area contributed by atoms with Gasteiger partial charge >= 0.3 is 12.1 Å². The van der Waals surface area contributed by atoms with Gasteiger partial charge in [0.25, 0.3) is 0 Å². The highest BCUT2D eigenvalue weighted by Crippen LogP contribution is 2.48. The maximum atomic E-state index is 13.8. The van der Waals surface area contributed by atoms with Crippen LogP contribution < -0.4 is 0 Å². The van der Waals surface area contributed by atoms with Crippen molar-refractivity contribution in [2.24, 2.45) is 11.3 Å². The van der Waals surface area contributed by atoms with Crippen molar-refractivity contribution in [3.8, 4) is 0 Å². The second-order valence-electron chi connectivity index (χ2n) is 5.82. The molecular weight excluding hydrogens is 252 g/mol. The highest BCUT2D eigenvalue weighted by Gasteiger charge is 2.57. The molecule has 2 unspecified atom stereocenters. The predicted octanol–water partition coefficient (Wildman–Crippen LogP) is 3.95. The molecule has 0 spiro atoms. The van der Waals surface area contributed by atoms with Gasteiger partial charge in [0.05, 0.1) is 5.41 Å². The summed E-state index contributed by atoms with van der Waals surface area (Å²) in [4.78, 5) is 10.9. The van der Waals surface area contributed by atoms with Gasteiger partial charge in [0.15, 0.2) is 0 Å². The van der Waals surface area contributed by atoms with Gasteiger partial charge in [-0.2, -0.15) is 13.2 Å². The van der Waals surface area contributed by atoms with Gasteiger partial charge in [-0.25, -0.2) is 4.39 Å². The molecule has 0 aromatic rings. The molecule has 0 radical (unpaired) electrons. The summed E-state index contributed by atoms with van der Waals surface area (Å²) in [5, 5.41) is 8.95. The number of carboxylic acid groups (broad SMARTS) is 1. The highest BCUT2D eigenvalue weighted by molar-refractivity contribution is 5.73. The largest absolute Gasteiger partial charge is 0.481 e. The molecule has 1 rings (SSSR count). The zero-order valence-electron chi connectivity index (χ0n) is 10.5. The van der Waals surface area contributed by atoms with Crippen molar-refractivity contribution in [1.82, 2.24) is 0 Å². The summed E-state index contributed by atoms with van der Waals surface area (Å²) in [6.07, 6.45) is -5.31. The molecule has 106 valence electrons. The Morgan fingerprint density at radius 2 is 1.94 bits per heavy atom. The van der Waals surface area contributed by atoms with Crippen LogP contribution in [0.1, 0.15) is 46.0 Å². The van der Waals surface area contributed by atoms with Crippen LogP contribution in [-0.4, -0.2) is 22.9 Å². The molecule has 0 aromatic carbocycles. The molecule has 1 aliphatic rings. The van der Waals surface area contributed by atoms with Crippen LogP contribution in [0.2, 0.25) is 0 Å². The lowest BCUT2D eigenvalue weighted by Crippen LogP contribution is -2.45. The molecule has 1 N–H and O–H groups in total. The summed E-state index contributed by atoms with van der Waals surface area (Å²) >= 11 is 0. The number of halogens is 4. The van der Waals surface area contributed by atoms with E-state index in [2.05, 4.69) is 0 Å². The van der Waals surface area contributed by atoms with Crippen LogP contribution in [0, 0.1) is 11.3 Å². The van der Waals surface area contributed by atoms with Crippen LogP contribution in [-0.2, 0) is 4.79 Å². The van der Waals surface area contributed by atoms with Crippen molar-refractivity contribution in [3.63, 3.8) is 0 Å². The SMILES string of the molecule is CC(C)(CC1CCCC(F)(C(F)(F)F)C1)C(=O)O. The minimum Gasteiger partial charge on any atom is -0.481 e. The summed E-state index contributed by atoms with van der Waals surface area (Å²) < 4.78 is 51.6. The first-order chi connectivity index (χ1) is 7.98. The number of aliphatic carboxylic acids is 1. The summed E-state index contributed by atoms with van der Waals surface area (Å²) in [5.74, 6) is -1.60. The van der Waals surface area contributed by atoms with E-state index in [-0.39, 0.29) is 12.8 Å². The van der Waals surface area contributed by atoms with Crippen LogP contribution in [0.25, 0.3) is 0 Å². The van der Waals surface area contributed by atoms with E-state index in [9.17, 15) is 22.4 Å². The van der Waals surface area contributed by atoms with Crippen LogP contribution >= 0.6 is 0 Å². The van der Waals surface area contributed by atoms with Crippen molar-refractivity contribution in [2.75, 3.05) is 0 Å². The van der Waals surface area contributed by atoms with E-state index in [1.165, 1.54) is 13.8 Å². The van der Waals surface area contributed by atoms with Crippen LogP contribution in [0.5, 0.6) is 0 Å². The highest BCUT2D eigenvalue weighted by atomic mass is 19.4. The first-order valence-electron chi connectivity index (χ1n) is 5.97. The summed E-state index contributed by atoms with van der Waals surface area (Å²) in [6.45, 7) is 2.91. The number of carbonyl (C=O) groups is 1. The van der Waals surface area contributed by atoms with Crippen molar-refractivity contribution < 1.29 is 27.5 Å². The Balaban J connectivity index is 2.74. The molecule has 2 nitrogen and oxygen atoms in total. The lowest BCUT2D eigenvalue weighted by atomic mass is 9.72. The van der Waals surface area contributed by atoms with E-state index in [1.807, 2.05) is 0 Å². The third-order valence-corrected chi connectivity index (χ3v) is 3.68. The second kappa shape index (κ2) is 4.70. The molecule has 0 aromatic heterocycles. The number of alkyl halides is 4. The molecule has 6 heteroatoms. The fourth-order valence-corrected chi connectivity index (χ4v) is 2.57. The average molecular weight is 270 g/mol. The van der Waals surface area contributed by atoms with Crippen LogP contribution in [0.4, 0.5) is 17.6 Å². The van der Waals surface area contributed by atoms with Gasteiger partial charge in [0.1, 0.15) is 0 Å². The number of hydrogen-bond donors (Lipinski definition) is 1. The van der Waals surface area contributed by atoms with Gasteiger partial charge in [-0.15, -0.1) is 0 Å². The van der Waals surface area contributed by atoms with Crippen LogP contribution in [0.3, 0.4) is 0 Å². The molecule has 18 heavy (non-hydrogen) atoms. The third-order valence-electron chi connectivity index (χ3n) is 3.68. The van der Waals surface area contributed by atoms with E-state index < -0.39 is 42.0 Å². The summed E-state index contributed by atoms with van der Waals surface area (Å²) in [6, 6.07) is 0. The lowest BCUT2D eigenvalue weighted by Gasteiger charge is -2.38. The lowest BCUT2D eigenvalue weighted by molar-refractivity contribution is -0.244. The molecule has 2 atom stereocenters. The molecule has 0 bridgehead atoms. The molecule has 0 amide bonds. The van der Waals surface area contributed by atoms with E-state index in [4.69, 9.17) is 5.11 Å². The number of rotatable bonds is 3. The smallest absolute Gasteiger partial charge is 0.422 e. The quantitative estimate of drug-likeness (QED) is 0.788. The molecule has 1 aliphatic carbocycles. The van der Waals surface area contributed by atoms with Crippen molar-refractivity contribution in [1.29, 1.82) is 0 Å². The zero-order chi connectivity index (χ0) is 14.2. The monoisotopic (exact) mass is 270 g/mol. The molecule has 1 saturated carbocycles. The minimum absolute atomic E-state index is 0.0735. The summed E-state index contributed by atoms with van der Waals surface area (Å²) in [7, 11) is 0. The Morgan fingerprint density at radius 3 is 2.39 bits per heavy atom. The maximum Gasteiger partial charge on any atom is 0.422 e. The fraction of sp³-hybridized carbons (Fsp3) is 0.917. The van der Waals surface area contributed by atoms with E-state index in [0.29, 0.717) is 6.42 Å². The topological polar surface area (TPSA) is 37.3 Å². The van der Waals surface area contributed by atoms with Crippen molar-refractivity contribution >= 4 is 5.97 Å². The van der Waals surface area contributed by atoms with Gasteiger partial charge < -0.3 is 5.11 Å². The maximum absolute atomic E-state index is 13.8. The first-order valence-corrected chi connectivity index (χ1v) is 5.97. The van der Waals surface area contributed by atoms with E-state index in [0.717, 1.165) is 0 Å². The normalized spacial score (nSPS) is 30.2. The molecular formula is C12H18F4O2.